The van der Waals surface area contributed by atoms with Gasteiger partial charge in [-0.25, -0.2) is 9.97 Å². The Labute approximate surface area is 210 Å². The first kappa shape index (κ1) is 25.6. The van der Waals surface area contributed by atoms with Gasteiger partial charge in [0.05, 0.1) is 36.9 Å². The van der Waals surface area contributed by atoms with Crippen molar-refractivity contribution >= 4 is 21.3 Å². The van der Waals surface area contributed by atoms with Crippen molar-refractivity contribution < 1.29 is 17.3 Å². The SMILES string of the molecule is CCCOc1ccccc1-c1nc2c(ncn2C(CCc2ccccc2)C(C)OS(C)(=O)=O)c(=O)[nH]1. The van der Waals surface area contributed by atoms with E-state index in [1.165, 1.54) is 6.33 Å². The zero-order valence-electron chi connectivity index (χ0n) is 20.5. The molecule has 0 amide bonds. The Morgan fingerprint density at radius 1 is 1.08 bits per heavy atom. The zero-order chi connectivity index (χ0) is 25.7. The van der Waals surface area contributed by atoms with E-state index in [2.05, 4.69) is 9.97 Å². The number of aryl methyl sites for hydroxylation is 1. The quantitative estimate of drug-likeness (QED) is 0.302. The van der Waals surface area contributed by atoms with Gasteiger partial charge in [0.1, 0.15) is 11.6 Å². The number of ether oxygens (including phenoxy) is 1. The Balaban J connectivity index is 1.78. The van der Waals surface area contributed by atoms with Crippen LogP contribution in [0.2, 0.25) is 0 Å². The number of nitrogens with zero attached hydrogens (tertiary/aromatic N) is 3. The lowest BCUT2D eigenvalue weighted by Crippen LogP contribution is -2.27. The number of para-hydroxylation sites is 1. The van der Waals surface area contributed by atoms with Crippen molar-refractivity contribution in [1.29, 1.82) is 0 Å². The van der Waals surface area contributed by atoms with Gasteiger partial charge in [-0.3, -0.25) is 8.98 Å². The van der Waals surface area contributed by atoms with Crippen molar-refractivity contribution in [2.75, 3.05) is 12.9 Å². The number of rotatable bonds is 11. The predicted octanol–water partition coefficient (Wildman–Crippen LogP) is 4.11. The molecule has 2 atom stereocenters. The predicted molar refractivity (Wildman–Crippen MR) is 139 cm³/mol. The maximum absolute atomic E-state index is 13.0. The highest BCUT2D eigenvalue weighted by molar-refractivity contribution is 7.86. The first-order chi connectivity index (χ1) is 17.3. The van der Waals surface area contributed by atoms with Crippen LogP contribution in [0.4, 0.5) is 0 Å². The topological polar surface area (TPSA) is 116 Å². The van der Waals surface area contributed by atoms with Crippen LogP contribution in [0, 0.1) is 0 Å². The van der Waals surface area contributed by atoms with Gasteiger partial charge in [0.2, 0.25) is 0 Å². The molecule has 0 aliphatic rings. The molecule has 2 aromatic heterocycles. The average molecular weight is 511 g/mol. The maximum Gasteiger partial charge on any atom is 0.279 e. The van der Waals surface area contributed by atoms with E-state index >= 15 is 0 Å². The van der Waals surface area contributed by atoms with Crippen LogP contribution in [0.25, 0.3) is 22.6 Å². The molecule has 0 spiro atoms. The summed E-state index contributed by atoms with van der Waals surface area (Å²) in [4.78, 5) is 24.8. The van der Waals surface area contributed by atoms with Crippen LogP contribution < -0.4 is 10.3 Å². The fraction of sp³-hybridized carbons (Fsp3) is 0.346. The fourth-order valence-electron chi connectivity index (χ4n) is 4.20. The van der Waals surface area contributed by atoms with Crippen LogP contribution in [0.3, 0.4) is 0 Å². The van der Waals surface area contributed by atoms with E-state index in [0.717, 1.165) is 18.2 Å². The lowest BCUT2D eigenvalue weighted by molar-refractivity contribution is 0.159. The third-order valence-electron chi connectivity index (χ3n) is 5.83. The van der Waals surface area contributed by atoms with Crippen molar-refractivity contribution in [3.05, 3.63) is 76.8 Å². The highest BCUT2D eigenvalue weighted by atomic mass is 32.2. The van der Waals surface area contributed by atoms with Crippen LogP contribution in [0.15, 0.2) is 65.7 Å². The van der Waals surface area contributed by atoms with Gasteiger partial charge in [0.25, 0.3) is 15.7 Å². The molecule has 0 radical (unpaired) electrons. The maximum atomic E-state index is 13.0. The molecule has 190 valence electrons. The van der Waals surface area contributed by atoms with E-state index in [9.17, 15) is 13.2 Å². The van der Waals surface area contributed by atoms with Crippen molar-refractivity contribution in [1.82, 2.24) is 19.5 Å². The van der Waals surface area contributed by atoms with Gasteiger partial charge >= 0.3 is 0 Å². The minimum Gasteiger partial charge on any atom is -0.493 e. The van der Waals surface area contributed by atoms with E-state index < -0.39 is 27.8 Å². The third kappa shape index (κ3) is 6.00. The van der Waals surface area contributed by atoms with Gasteiger partial charge in [0.15, 0.2) is 11.2 Å². The van der Waals surface area contributed by atoms with Crippen molar-refractivity contribution in [3.8, 4) is 17.1 Å². The Morgan fingerprint density at radius 3 is 2.53 bits per heavy atom. The smallest absolute Gasteiger partial charge is 0.279 e. The molecular weight excluding hydrogens is 480 g/mol. The number of benzene rings is 2. The van der Waals surface area contributed by atoms with Gasteiger partial charge in [-0.05, 0) is 43.9 Å². The second kappa shape index (κ2) is 11.0. The lowest BCUT2D eigenvalue weighted by atomic mass is 10.0. The number of hydrogen-bond donors (Lipinski definition) is 1. The second-order valence-electron chi connectivity index (χ2n) is 8.68. The summed E-state index contributed by atoms with van der Waals surface area (Å²) in [6.45, 7) is 4.25. The van der Waals surface area contributed by atoms with Crippen LogP contribution in [0.5, 0.6) is 5.75 Å². The minimum absolute atomic E-state index is 0.168. The van der Waals surface area contributed by atoms with E-state index in [1.807, 2.05) is 61.5 Å². The zero-order valence-corrected chi connectivity index (χ0v) is 21.4. The number of hydrogen-bond acceptors (Lipinski definition) is 7. The van der Waals surface area contributed by atoms with Crippen LogP contribution in [0.1, 0.15) is 38.3 Å². The summed E-state index contributed by atoms with van der Waals surface area (Å²) in [5.74, 6) is 0.960. The summed E-state index contributed by atoms with van der Waals surface area (Å²) < 4.78 is 36.8. The van der Waals surface area contributed by atoms with Crippen molar-refractivity contribution in [2.45, 2.75) is 45.3 Å². The number of fused-ring (bicyclic) bond motifs is 1. The molecule has 9 nitrogen and oxygen atoms in total. The average Bonchev–Trinajstić information content (AvgIpc) is 3.27. The Kier molecular flexibility index (Phi) is 7.85. The molecule has 0 aliphatic heterocycles. The summed E-state index contributed by atoms with van der Waals surface area (Å²) in [5, 5.41) is 0. The van der Waals surface area contributed by atoms with Crippen molar-refractivity contribution in [2.24, 2.45) is 0 Å². The summed E-state index contributed by atoms with van der Waals surface area (Å²) in [6, 6.07) is 16.8. The van der Waals surface area contributed by atoms with Crippen molar-refractivity contribution in [3.63, 3.8) is 0 Å². The number of nitrogens with one attached hydrogen (secondary N) is 1. The molecular formula is C26H30N4O5S. The van der Waals surface area contributed by atoms with E-state index in [4.69, 9.17) is 13.9 Å². The lowest BCUT2D eigenvalue weighted by Gasteiger charge is -2.25. The second-order valence-corrected chi connectivity index (χ2v) is 10.3. The van der Waals surface area contributed by atoms with Gasteiger partial charge in [-0.1, -0.05) is 49.4 Å². The van der Waals surface area contributed by atoms with Crippen LogP contribution in [-0.4, -0.2) is 46.9 Å². The number of aromatic amines is 1. The van der Waals surface area contributed by atoms with Gasteiger partial charge in [0, 0.05) is 0 Å². The highest BCUT2D eigenvalue weighted by Crippen LogP contribution is 2.29. The Morgan fingerprint density at radius 2 is 1.81 bits per heavy atom. The Hall–Kier alpha value is -3.50. The van der Waals surface area contributed by atoms with Gasteiger partial charge in [-0.15, -0.1) is 0 Å². The van der Waals surface area contributed by atoms with Crippen LogP contribution >= 0.6 is 0 Å². The molecule has 1 N–H and O–H groups in total. The number of aromatic nitrogens is 4. The van der Waals surface area contributed by atoms with E-state index in [0.29, 0.717) is 42.2 Å². The third-order valence-corrected chi connectivity index (χ3v) is 6.49. The van der Waals surface area contributed by atoms with E-state index in [-0.39, 0.29) is 5.52 Å². The van der Waals surface area contributed by atoms with Gasteiger partial charge in [-0.2, -0.15) is 8.42 Å². The molecule has 36 heavy (non-hydrogen) atoms. The van der Waals surface area contributed by atoms with E-state index in [1.54, 1.807) is 11.5 Å². The molecule has 0 saturated carbocycles. The number of imidazole rings is 1. The summed E-state index contributed by atoms with van der Waals surface area (Å²) in [5.41, 5.74) is 1.88. The molecule has 2 heterocycles. The monoisotopic (exact) mass is 510 g/mol. The molecule has 2 unspecified atom stereocenters. The summed E-state index contributed by atoms with van der Waals surface area (Å²) in [6.07, 6.45) is 3.89. The molecule has 10 heteroatoms. The van der Waals surface area contributed by atoms with Crippen LogP contribution in [-0.2, 0) is 20.7 Å². The standard InChI is InChI=1S/C26H30N4O5S/c1-4-16-34-22-13-9-8-12-20(22)24-28-25-23(26(31)29-24)27-17-30(25)21(18(2)35-36(3,32)33)15-14-19-10-6-5-7-11-19/h5-13,17-18,21H,4,14-16H2,1-3H3,(H,28,29,31). The Bertz CT molecular complexity index is 1480. The highest BCUT2D eigenvalue weighted by Gasteiger charge is 2.26. The fourth-order valence-corrected chi connectivity index (χ4v) is 4.88. The summed E-state index contributed by atoms with van der Waals surface area (Å²) >= 11 is 0. The first-order valence-electron chi connectivity index (χ1n) is 11.9. The molecule has 4 rings (SSSR count). The molecule has 0 aliphatic carbocycles. The number of H-pyrrole nitrogens is 1. The minimum atomic E-state index is -3.71. The normalized spacial score (nSPS) is 13.5. The molecule has 4 aromatic rings. The molecule has 0 saturated heterocycles. The largest absolute Gasteiger partial charge is 0.493 e. The summed E-state index contributed by atoms with van der Waals surface area (Å²) in [7, 11) is -3.71. The first-order valence-corrected chi connectivity index (χ1v) is 13.7. The van der Waals surface area contributed by atoms with Gasteiger partial charge < -0.3 is 14.3 Å². The molecule has 0 bridgehead atoms. The molecule has 0 fully saturated rings. The molecule has 2 aromatic carbocycles.